The molecule has 0 saturated heterocycles. The zero-order valence-electron chi connectivity index (χ0n) is 15.4. The quantitative estimate of drug-likeness (QED) is 0.378. The third kappa shape index (κ3) is 5.07. The van der Waals surface area contributed by atoms with Crippen molar-refractivity contribution in [3.05, 3.63) is 59.1 Å². The lowest BCUT2D eigenvalue weighted by atomic mass is 10.1. The van der Waals surface area contributed by atoms with Crippen LogP contribution in [0.15, 0.2) is 53.4 Å². The van der Waals surface area contributed by atoms with Crippen LogP contribution in [-0.2, 0) is 9.59 Å². The molecule has 0 spiro atoms. The smallest absolute Gasteiger partial charge is 0.243 e. The number of carbonyl (C=O) groups excluding carboxylic acids is 2. The number of thioether (sulfide) groups is 1. The van der Waals surface area contributed by atoms with Crippen LogP contribution < -0.4 is 10.4 Å². The largest absolute Gasteiger partial charge is 0.311 e. The van der Waals surface area contributed by atoms with Crippen LogP contribution in [0.4, 0.5) is 5.69 Å². The number of anilines is 1. The van der Waals surface area contributed by atoms with Crippen molar-refractivity contribution in [2.75, 3.05) is 11.4 Å². The van der Waals surface area contributed by atoms with E-state index in [0.717, 1.165) is 29.0 Å². The molecule has 1 aliphatic rings. The van der Waals surface area contributed by atoms with Crippen LogP contribution >= 0.6 is 23.4 Å². The van der Waals surface area contributed by atoms with Gasteiger partial charge in [0.15, 0.2) is 0 Å². The Labute approximate surface area is 174 Å². The minimum atomic E-state index is -0.379. The van der Waals surface area contributed by atoms with Gasteiger partial charge in [0.05, 0.1) is 5.69 Å². The van der Waals surface area contributed by atoms with E-state index in [1.54, 1.807) is 17.2 Å². The number of benzene rings is 2. The lowest BCUT2D eigenvalue weighted by molar-refractivity contribution is -0.129. The van der Waals surface area contributed by atoms with Crippen LogP contribution in [0.3, 0.4) is 0 Å². The van der Waals surface area contributed by atoms with E-state index < -0.39 is 0 Å². The third-order valence-corrected chi connectivity index (χ3v) is 6.40. The molecule has 0 bridgehead atoms. The molecule has 1 aliphatic heterocycles. The van der Waals surface area contributed by atoms with Crippen LogP contribution in [0.5, 0.6) is 0 Å². The van der Waals surface area contributed by atoms with Gasteiger partial charge in [-0.3, -0.25) is 14.8 Å². The molecule has 1 heterocycles. The molecule has 0 aliphatic carbocycles. The molecule has 1 atom stereocenters. The topological polar surface area (TPSA) is 69.6 Å². The highest BCUT2D eigenvalue weighted by molar-refractivity contribution is 7.99. The standard InChI is InChI=1S/C21H23ClN2O3S/c22-16-9-4-3-8-15(16)19-14-21(26)24(13-7-1-2-12-20(25)23-27)17-10-5-6-11-18(17)28-19/h3-6,8-11,19,27H,1-2,7,12-14H2,(H,23,25). The van der Waals surface area contributed by atoms with Gasteiger partial charge in [0.1, 0.15) is 0 Å². The maximum Gasteiger partial charge on any atom is 0.243 e. The van der Waals surface area contributed by atoms with Crippen molar-refractivity contribution in [3.8, 4) is 0 Å². The molecule has 3 rings (SSSR count). The summed E-state index contributed by atoms with van der Waals surface area (Å²) in [6.45, 7) is 0.604. The average Bonchev–Trinajstić information content (AvgIpc) is 2.84. The summed E-state index contributed by atoms with van der Waals surface area (Å²) in [6, 6.07) is 15.6. The molecule has 5 nitrogen and oxygen atoms in total. The Morgan fingerprint density at radius 1 is 1.14 bits per heavy atom. The van der Waals surface area contributed by atoms with E-state index >= 15 is 0 Å². The number of carbonyl (C=O) groups is 2. The summed E-state index contributed by atoms with van der Waals surface area (Å²) < 4.78 is 0. The number of unbranched alkanes of at least 4 members (excludes halogenated alkanes) is 2. The van der Waals surface area contributed by atoms with E-state index in [2.05, 4.69) is 0 Å². The first-order chi connectivity index (χ1) is 13.6. The van der Waals surface area contributed by atoms with Crippen LogP contribution in [0.1, 0.15) is 42.9 Å². The first-order valence-electron chi connectivity index (χ1n) is 9.33. The molecule has 1 unspecified atom stereocenters. The van der Waals surface area contributed by atoms with Crippen molar-refractivity contribution < 1.29 is 14.8 Å². The van der Waals surface area contributed by atoms with E-state index in [9.17, 15) is 9.59 Å². The molecule has 148 valence electrons. The minimum Gasteiger partial charge on any atom is -0.311 e. The summed E-state index contributed by atoms with van der Waals surface area (Å²) in [5.74, 6) is -0.300. The fraction of sp³-hybridized carbons (Fsp3) is 0.333. The number of amides is 2. The second-order valence-electron chi connectivity index (χ2n) is 6.69. The monoisotopic (exact) mass is 418 g/mol. The number of fused-ring (bicyclic) bond motifs is 1. The number of nitrogens with zero attached hydrogens (tertiary/aromatic N) is 1. The average molecular weight is 419 g/mol. The van der Waals surface area contributed by atoms with Crippen LogP contribution in [0.25, 0.3) is 0 Å². The number of hydrogen-bond acceptors (Lipinski definition) is 4. The van der Waals surface area contributed by atoms with E-state index in [-0.39, 0.29) is 23.5 Å². The fourth-order valence-electron chi connectivity index (χ4n) is 3.32. The second-order valence-corrected chi connectivity index (χ2v) is 8.34. The van der Waals surface area contributed by atoms with Crippen molar-refractivity contribution in [2.45, 2.75) is 42.2 Å². The van der Waals surface area contributed by atoms with Crippen molar-refractivity contribution in [1.29, 1.82) is 0 Å². The molecule has 2 aromatic rings. The molecule has 28 heavy (non-hydrogen) atoms. The lowest BCUT2D eigenvalue weighted by Crippen LogP contribution is -2.31. The lowest BCUT2D eigenvalue weighted by Gasteiger charge is -2.22. The van der Waals surface area contributed by atoms with Gasteiger partial charge in [-0.15, -0.1) is 11.8 Å². The predicted octanol–water partition coefficient (Wildman–Crippen LogP) is 4.98. The zero-order valence-corrected chi connectivity index (χ0v) is 17.0. The van der Waals surface area contributed by atoms with Gasteiger partial charge in [0.25, 0.3) is 0 Å². The maximum atomic E-state index is 13.1. The van der Waals surface area contributed by atoms with Crippen LogP contribution in [-0.4, -0.2) is 23.6 Å². The summed E-state index contributed by atoms with van der Waals surface area (Å²) in [4.78, 5) is 27.1. The summed E-state index contributed by atoms with van der Waals surface area (Å²) in [6.07, 6.45) is 2.94. The molecule has 7 heteroatoms. The Hall–Kier alpha value is -2.02. The molecular formula is C21H23ClN2O3S. The van der Waals surface area contributed by atoms with E-state index in [1.807, 2.05) is 53.4 Å². The highest BCUT2D eigenvalue weighted by Crippen LogP contribution is 2.47. The van der Waals surface area contributed by atoms with Crippen LogP contribution in [0.2, 0.25) is 5.02 Å². The summed E-state index contributed by atoms with van der Waals surface area (Å²) in [5, 5.41) is 9.20. The number of rotatable bonds is 7. The van der Waals surface area contributed by atoms with Crippen LogP contribution in [0, 0.1) is 0 Å². The maximum absolute atomic E-state index is 13.1. The van der Waals surface area contributed by atoms with Gasteiger partial charge in [-0.2, -0.15) is 0 Å². The SMILES string of the molecule is O=C(CCCCCN1C(=O)CC(c2ccccc2Cl)Sc2ccccc21)NO. The van der Waals surface area contributed by atoms with Gasteiger partial charge in [-0.05, 0) is 36.6 Å². The Kier molecular flexibility index (Phi) is 7.36. The third-order valence-electron chi connectivity index (χ3n) is 4.75. The molecule has 2 amide bonds. The Bertz CT molecular complexity index is 846. The first-order valence-corrected chi connectivity index (χ1v) is 10.6. The van der Waals surface area contributed by atoms with Crippen molar-refractivity contribution in [3.63, 3.8) is 0 Å². The van der Waals surface area contributed by atoms with Gasteiger partial charge in [0.2, 0.25) is 11.8 Å². The van der Waals surface area contributed by atoms with Crippen molar-refractivity contribution >= 4 is 40.9 Å². The number of nitrogens with one attached hydrogen (secondary N) is 1. The summed E-state index contributed by atoms with van der Waals surface area (Å²) in [5.41, 5.74) is 3.55. The van der Waals surface area contributed by atoms with Gasteiger partial charge in [-0.1, -0.05) is 48.4 Å². The Balaban J connectivity index is 1.73. The van der Waals surface area contributed by atoms with Gasteiger partial charge in [0, 0.05) is 34.6 Å². The van der Waals surface area contributed by atoms with Gasteiger partial charge >= 0.3 is 0 Å². The molecule has 0 aromatic heterocycles. The number of para-hydroxylation sites is 1. The first kappa shape index (κ1) is 20.7. The second kappa shape index (κ2) is 9.96. The molecule has 0 saturated carbocycles. The Morgan fingerprint density at radius 2 is 1.89 bits per heavy atom. The minimum absolute atomic E-state index is 0.0272. The molecule has 2 N–H and O–H groups in total. The zero-order chi connectivity index (χ0) is 19.9. The summed E-state index contributed by atoms with van der Waals surface area (Å²) >= 11 is 8.06. The fourth-order valence-corrected chi connectivity index (χ4v) is 4.97. The van der Waals surface area contributed by atoms with Gasteiger partial charge < -0.3 is 4.90 Å². The number of hydrogen-bond donors (Lipinski definition) is 2. The van der Waals surface area contributed by atoms with E-state index in [0.29, 0.717) is 24.4 Å². The molecular weight excluding hydrogens is 396 g/mol. The van der Waals surface area contributed by atoms with Gasteiger partial charge in [-0.25, -0.2) is 5.48 Å². The summed E-state index contributed by atoms with van der Waals surface area (Å²) in [7, 11) is 0. The van der Waals surface area contributed by atoms with Crippen molar-refractivity contribution in [2.24, 2.45) is 0 Å². The number of halogens is 1. The van der Waals surface area contributed by atoms with Crippen molar-refractivity contribution in [1.82, 2.24) is 5.48 Å². The normalized spacial score (nSPS) is 16.4. The van der Waals surface area contributed by atoms with E-state index in [1.165, 1.54) is 0 Å². The predicted molar refractivity (Wildman–Crippen MR) is 112 cm³/mol. The highest BCUT2D eigenvalue weighted by Gasteiger charge is 2.29. The molecule has 2 aromatic carbocycles. The highest BCUT2D eigenvalue weighted by atomic mass is 35.5. The molecule has 0 radical (unpaired) electrons. The molecule has 0 fully saturated rings. The van der Waals surface area contributed by atoms with E-state index in [4.69, 9.17) is 16.8 Å². The Morgan fingerprint density at radius 3 is 2.68 bits per heavy atom. The number of hydroxylamine groups is 1.